The minimum atomic E-state index is -1.12. The molecule has 1 aromatic rings. The van der Waals surface area contributed by atoms with E-state index in [0.29, 0.717) is 38.3 Å². The summed E-state index contributed by atoms with van der Waals surface area (Å²) in [6, 6.07) is 2.73. The Morgan fingerprint density at radius 3 is 2.70 bits per heavy atom. The lowest BCUT2D eigenvalue weighted by Crippen LogP contribution is -2.25. The van der Waals surface area contributed by atoms with Crippen LogP contribution < -0.4 is 5.32 Å². The zero-order valence-corrected chi connectivity index (χ0v) is 11.3. The maximum atomic E-state index is 11.7. The smallest absolute Gasteiger partial charge is 0.354 e. The monoisotopic (exact) mass is 282 g/mol. The molecular weight excluding hydrogens is 264 g/mol. The number of rotatable bonds is 9. The highest BCUT2D eigenvalue weighted by atomic mass is 16.5. The van der Waals surface area contributed by atoms with E-state index >= 15 is 0 Å². The fourth-order valence-electron chi connectivity index (χ4n) is 1.38. The molecule has 0 saturated carbocycles. The number of aromatic nitrogens is 1. The first kappa shape index (κ1) is 16.1. The number of methoxy groups -OCH3 is 1. The van der Waals surface area contributed by atoms with Crippen LogP contribution in [0.5, 0.6) is 0 Å². The molecule has 0 spiro atoms. The average molecular weight is 282 g/mol. The maximum absolute atomic E-state index is 11.7. The molecule has 0 bridgehead atoms. The quantitative estimate of drug-likeness (QED) is 0.642. The van der Waals surface area contributed by atoms with E-state index < -0.39 is 5.97 Å². The summed E-state index contributed by atoms with van der Waals surface area (Å²) in [6.07, 6.45) is 1.93. The van der Waals surface area contributed by atoms with Crippen molar-refractivity contribution in [3.05, 3.63) is 29.6 Å². The zero-order chi connectivity index (χ0) is 14.8. The number of carbonyl (C=O) groups is 2. The molecule has 1 rings (SSSR count). The summed E-state index contributed by atoms with van der Waals surface area (Å²) in [6.45, 7) is 2.10. The standard InChI is InChI=1S/C13H18N2O5/c1-19-7-8-20-6-2-5-14-12(16)10-3-4-11(13(17)18)15-9-10/h3-4,9H,2,5-8H2,1H3,(H,14,16)(H,17,18). The second kappa shape index (κ2) is 9.00. The first-order chi connectivity index (χ1) is 9.65. The molecule has 0 saturated heterocycles. The molecule has 7 nitrogen and oxygen atoms in total. The van der Waals surface area contributed by atoms with Crippen LogP contribution in [0.1, 0.15) is 27.3 Å². The lowest BCUT2D eigenvalue weighted by molar-refractivity contribution is 0.0684. The summed E-state index contributed by atoms with van der Waals surface area (Å²) < 4.78 is 10.1. The lowest BCUT2D eigenvalue weighted by Gasteiger charge is -2.06. The number of nitrogens with zero attached hydrogens (tertiary/aromatic N) is 1. The van der Waals surface area contributed by atoms with Gasteiger partial charge in [-0.15, -0.1) is 0 Å². The van der Waals surface area contributed by atoms with Crippen LogP contribution >= 0.6 is 0 Å². The van der Waals surface area contributed by atoms with E-state index in [4.69, 9.17) is 14.6 Å². The minimum Gasteiger partial charge on any atom is -0.477 e. The lowest BCUT2D eigenvalue weighted by atomic mass is 10.2. The van der Waals surface area contributed by atoms with Crippen molar-refractivity contribution in [1.29, 1.82) is 0 Å². The molecule has 0 aliphatic carbocycles. The fourth-order valence-corrected chi connectivity index (χ4v) is 1.38. The molecule has 2 N–H and O–H groups in total. The maximum Gasteiger partial charge on any atom is 0.354 e. The highest BCUT2D eigenvalue weighted by Crippen LogP contribution is 2.00. The number of carboxylic acid groups (broad SMARTS) is 1. The number of carbonyl (C=O) groups excluding carboxylic acids is 1. The average Bonchev–Trinajstić information content (AvgIpc) is 2.46. The van der Waals surface area contributed by atoms with Crippen molar-refractivity contribution in [2.75, 3.05) is 33.5 Å². The van der Waals surface area contributed by atoms with Crippen LogP contribution in [0.4, 0.5) is 0 Å². The van der Waals surface area contributed by atoms with Gasteiger partial charge in [-0.2, -0.15) is 0 Å². The summed E-state index contributed by atoms with van der Waals surface area (Å²) in [5, 5.41) is 11.4. The van der Waals surface area contributed by atoms with Crippen molar-refractivity contribution in [2.45, 2.75) is 6.42 Å². The molecule has 0 fully saturated rings. The van der Waals surface area contributed by atoms with Gasteiger partial charge in [0, 0.05) is 26.5 Å². The molecule has 0 aliphatic heterocycles. The van der Waals surface area contributed by atoms with Crippen LogP contribution in [0.2, 0.25) is 0 Å². The first-order valence-corrected chi connectivity index (χ1v) is 6.19. The zero-order valence-electron chi connectivity index (χ0n) is 11.3. The number of ether oxygens (including phenoxy) is 2. The number of carboxylic acids is 1. The van der Waals surface area contributed by atoms with Gasteiger partial charge in [0.2, 0.25) is 0 Å². The summed E-state index contributed by atoms with van der Waals surface area (Å²) >= 11 is 0. The van der Waals surface area contributed by atoms with E-state index in [1.54, 1.807) is 7.11 Å². The van der Waals surface area contributed by atoms with Crippen LogP contribution in [0.25, 0.3) is 0 Å². The fraction of sp³-hybridized carbons (Fsp3) is 0.462. The molecule has 1 heterocycles. The van der Waals surface area contributed by atoms with E-state index in [2.05, 4.69) is 10.3 Å². The summed E-state index contributed by atoms with van der Waals surface area (Å²) in [5.41, 5.74) is 0.239. The van der Waals surface area contributed by atoms with Crippen molar-refractivity contribution < 1.29 is 24.2 Å². The molecule has 1 aromatic heterocycles. The Hall–Kier alpha value is -1.99. The number of hydrogen-bond donors (Lipinski definition) is 2. The summed E-state index contributed by atoms with van der Waals surface area (Å²) in [7, 11) is 1.60. The molecular formula is C13H18N2O5. The van der Waals surface area contributed by atoms with Crippen LogP contribution in [0, 0.1) is 0 Å². The molecule has 0 atom stereocenters. The van der Waals surface area contributed by atoms with Gasteiger partial charge in [0.1, 0.15) is 5.69 Å². The third-order valence-electron chi connectivity index (χ3n) is 2.43. The SMILES string of the molecule is COCCOCCCNC(=O)c1ccc(C(=O)O)nc1. The minimum absolute atomic E-state index is 0.0897. The Morgan fingerprint density at radius 1 is 1.30 bits per heavy atom. The predicted molar refractivity (Wildman–Crippen MR) is 70.8 cm³/mol. The Morgan fingerprint density at radius 2 is 2.10 bits per heavy atom. The molecule has 110 valence electrons. The second-order valence-electron chi connectivity index (χ2n) is 3.95. The topological polar surface area (TPSA) is 97.8 Å². The van der Waals surface area contributed by atoms with Crippen molar-refractivity contribution in [3.63, 3.8) is 0 Å². The largest absolute Gasteiger partial charge is 0.477 e. The normalized spacial score (nSPS) is 10.2. The van der Waals surface area contributed by atoms with Gasteiger partial charge in [-0.25, -0.2) is 9.78 Å². The number of amides is 1. The van der Waals surface area contributed by atoms with Gasteiger partial charge in [0.25, 0.3) is 5.91 Å². The molecule has 0 aliphatic rings. The number of pyridine rings is 1. The van der Waals surface area contributed by atoms with Gasteiger partial charge in [0.15, 0.2) is 0 Å². The Labute approximate surface area is 116 Å². The number of nitrogens with one attached hydrogen (secondary N) is 1. The van der Waals surface area contributed by atoms with Gasteiger partial charge in [-0.3, -0.25) is 4.79 Å². The van der Waals surface area contributed by atoms with E-state index in [0.717, 1.165) is 0 Å². The Kier molecular flexibility index (Phi) is 7.23. The van der Waals surface area contributed by atoms with Gasteiger partial charge in [-0.1, -0.05) is 0 Å². The summed E-state index contributed by atoms with van der Waals surface area (Å²) in [5.74, 6) is -1.41. The second-order valence-corrected chi connectivity index (χ2v) is 3.95. The number of hydrogen-bond acceptors (Lipinski definition) is 5. The van der Waals surface area contributed by atoms with Gasteiger partial charge in [-0.05, 0) is 18.6 Å². The van der Waals surface area contributed by atoms with E-state index in [1.807, 2.05) is 0 Å². The Balaban J connectivity index is 2.24. The van der Waals surface area contributed by atoms with Crippen LogP contribution in [0.15, 0.2) is 18.3 Å². The van der Waals surface area contributed by atoms with E-state index in [9.17, 15) is 9.59 Å². The van der Waals surface area contributed by atoms with Crippen molar-refractivity contribution in [2.24, 2.45) is 0 Å². The van der Waals surface area contributed by atoms with Crippen LogP contribution in [-0.4, -0.2) is 55.4 Å². The van der Waals surface area contributed by atoms with Gasteiger partial charge < -0.3 is 19.9 Å². The van der Waals surface area contributed by atoms with E-state index in [1.165, 1.54) is 18.3 Å². The molecule has 1 amide bonds. The van der Waals surface area contributed by atoms with Crippen LogP contribution in [-0.2, 0) is 9.47 Å². The van der Waals surface area contributed by atoms with E-state index in [-0.39, 0.29) is 11.6 Å². The predicted octanol–water partition coefficient (Wildman–Crippen LogP) is 0.563. The Bertz CT molecular complexity index is 433. The third-order valence-corrected chi connectivity index (χ3v) is 2.43. The van der Waals surface area contributed by atoms with Crippen molar-refractivity contribution >= 4 is 11.9 Å². The number of aromatic carboxylic acids is 1. The molecule has 0 aromatic carbocycles. The summed E-state index contributed by atoms with van der Waals surface area (Å²) in [4.78, 5) is 26.0. The molecule has 7 heteroatoms. The highest BCUT2D eigenvalue weighted by molar-refractivity contribution is 5.94. The highest BCUT2D eigenvalue weighted by Gasteiger charge is 2.08. The van der Waals surface area contributed by atoms with Gasteiger partial charge >= 0.3 is 5.97 Å². The third kappa shape index (κ3) is 5.77. The molecule has 0 radical (unpaired) electrons. The van der Waals surface area contributed by atoms with Crippen LogP contribution in [0.3, 0.4) is 0 Å². The first-order valence-electron chi connectivity index (χ1n) is 6.19. The van der Waals surface area contributed by atoms with Gasteiger partial charge in [0.05, 0.1) is 18.8 Å². The molecule has 0 unspecified atom stereocenters. The molecule has 20 heavy (non-hydrogen) atoms. The van der Waals surface area contributed by atoms with Crippen molar-refractivity contribution in [1.82, 2.24) is 10.3 Å². The van der Waals surface area contributed by atoms with Crippen molar-refractivity contribution in [3.8, 4) is 0 Å².